The summed E-state index contributed by atoms with van der Waals surface area (Å²) in [7, 11) is 1.71. The van der Waals surface area contributed by atoms with Gasteiger partial charge in [-0.05, 0) is 53.4 Å². The predicted octanol–water partition coefficient (Wildman–Crippen LogP) is 5.23. The molecule has 0 saturated carbocycles. The third-order valence-electron chi connectivity index (χ3n) is 6.36. The molecule has 2 aliphatic heterocycles. The van der Waals surface area contributed by atoms with Crippen LogP contribution in [0.2, 0.25) is 0 Å². The van der Waals surface area contributed by atoms with Crippen LogP contribution in [-0.4, -0.2) is 44.5 Å². The summed E-state index contributed by atoms with van der Waals surface area (Å²) in [5, 5.41) is 0. The standard InChI is InChI=1S/C28H31NO4/c1-20-6-3-4-9-26(20)22-15-23-18-29(17-21-7-5-8-24(14-21)30-2)11-13-32-28(23)27(16-22)33-25-10-12-31-19-25/h3-9,14-16,25H,10-13,17-19H2,1-2H3/t25-/m1/s1. The third-order valence-corrected chi connectivity index (χ3v) is 6.36. The lowest BCUT2D eigenvalue weighted by Crippen LogP contribution is -2.25. The number of ether oxygens (including phenoxy) is 4. The van der Waals surface area contributed by atoms with E-state index in [-0.39, 0.29) is 6.10 Å². The van der Waals surface area contributed by atoms with Crippen LogP contribution in [0.5, 0.6) is 17.2 Å². The molecule has 0 bridgehead atoms. The molecule has 5 heteroatoms. The van der Waals surface area contributed by atoms with Crippen LogP contribution in [0.3, 0.4) is 0 Å². The van der Waals surface area contributed by atoms with Gasteiger partial charge in [0.15, 0.2) is 11.5 Å². The first-order valence-electron chi connectivity index (χ1n) is 11.6. The number of aryl methyl sites for hydroxylation is 1. The average molecular weight is 446 g/mol. The second-order valence-electron chi connectivity index (χ2n) is 8.79. The van der Waals surface area contributed by atoms with Crippen molar-refractivity contribution in [3.05, 3.63) is 77.4 Å². The first-order valence-corrected chi connectivity index (χ1v) is 11.6. The molecule has 2 heterocycles. The Bertz CT molecular complexity index is 1110. The largest absolute Gasteiger partial charge is 0.497 e. The summed E-state index contributed by atoms with van der Waals surface area (Å²) in [6.07, 6.45) is 0.978. The van der Waals surface area contributed by atoms with E-state index < -0.39 is 0 Å². The molecule has 5 nitrogen and oxygen atoms in total. The molecule has 3 aromatic carbocycles. The molecule has 0 spiro atoms. The zero-order chi connectivity index (χ0) is 22.6. The van der Waals surface area contributed by atoms with E-state index >= 15 is 0 Å². The number of nitrogens with zero attached hydrogens (tertiary/aromatic N) is 1. The summed E-state index contributed by atoms with van der Waals surface area (Å²) >= 11 is 0. The van der Waals surface area contributed by atoms with Crippen molar-refractivity contribution in [2.75, 3.05) is 33.5 Å². The van der Waals surface area contributed by atoms with Gasteiger partial charge in [0.1, 0.15) is 18.5 Å². The quantitative estimate of drug-likeness (QED) is 0.519. The molecule has 1 atom stereocenters. The van der Waals surface area contributed by atoms with Gasteiger partial charge in [0, 0.05) is 31.6 Å². The minimum absolute atomic E-state index is 0.0703. The fourth-order valence-electron chi connectivity index (χ4n) is 4.63. The van der Waals surface area contributed by atoms with Gasteiger partial charge in [0.05, 0.1) is 20.3 Å². The molecule has 0 aromatic heterocycles. The van der Waals surface area contributed by atoms with Crippen molar-refractivity contribution in [2.24, 2.45) is 0 Å². The van der Waals surface area contributed by atoms with E-state index in [1.165, 1.54) is 16.7 Å². The normalized spacial score (nSPS) is 18.3. The van der Waals surface area contributed by atoms with Crippen molar-refractivity contribution in [3.8, 4) is 28.4 Å². The lowest BCUT2D eigenvalue weighted by Gasteiger charge is -2.21. The highest BCUT2D eigenvalue weighted by molar-refractivity contribution is 5.72. The summed E-state index contributed by atoms with van der Waals surface area (Å²) in [6, 6.07) is 21.2. The van der Waals surface area contributed by atoms with Crippen LogP contribution < -0.4 is 14.2 Å². The zero-order valence-electron chi connectivity index (χ0n) is 19.4. The molecule has 2 aliphatic rings. The maximum absolute atomic E-state index is 6.43. The van der Waals surface area contributed by atoms with Crippen LogP contribution in [-0.2, 0) is 17.8 Å². The Kier molecular flexibility index (Phi) is 6.51. The van der Waals surface area contributed by atoms with Gasteiger partial charge < -0.3 is 18.9 Å². The molecule has 0 radical (unpaired) electrons. The Morgan fingerprint density at radius 1 is 1.03 bits per heavy atom. The van der Waals surface area contributed by atoms with Crippen molar-refractivity contribution in [3.63, 3.8) is 0 Å². The number of hydrogen-bond donors (Lipinski definition) is 0. The SMILES string of the molecule is COc1cccc(CN2CCOc3c(cc(-c4ccccc4C)cc3O[C@@H]3CCOC3)C2)c1. The number of methoxy groups -OCH3 is 1. The van der Waals surface area contributed by atoms with E-state index in [4.69, 9.17) is 18.9 Å². The van der Waals surface area contributed by atoms with Crippen molar-refractivity contribution >= 4 is 0 Å². The number of benzene rings is 3. The minimum atomic E-state index is 0.0703. The Morgan fingerprint density at radius 2 is 1.94 bits per heavy atom. The molecule has 1 saturated heterocycles. The van der Waals surface area contributed by atoms with Gasteiger partial charge in [-0.15, -0.1) is 0 Å². The first-order chi connectivity index (χ1) is 16.2. The van der Waals surface area contributed by atoms with Crippen LogP contribution >= 0.6 is 0 Å². The maximum atomic E-state index is 6.43. The molecular formula is C28H31NO4. The zero-order valence-corrected chi connectivity index (χ0v) is 19.4. The molecular weight excluding hydrogens is 414 g/mol. The van der Waals surface area contributed by atoms with Crippen LogP contribution in [0.25, 0.3) is 11.1 Å². The molecule has 5 rings (SSSR count). The van der Waals surface area contributed by atoms with Crippen molar-refractivity contribution in [2.45, 2.75) is 32.5 Å². The van der Waals surface area contributed by atoms with Crippen LogP contribution in [0.4, 0.5) is 0 Å². The second kappa shape index (κ2) is 9.86. The minimum Gasteiger partial charge on any atom is -0.497 e. The maximum Gasteiger partial charge on any atom is 0.165 e. The number of rotatable bonds is 6. The van der Waals surface area contributed by atoms with Crippen LogP contribution in [0.1, 0.15) is 23.1 Å². The van der Waals surface area contributed by atoms with Gasteiger partial charge in [-0.3, -0.25) is 4.90 Å². The fourth-order valence-corrected chi connectivity index (χ4v) is 4.63. The Hall–Kier alpha value is -3.02. The summed E-state index contributed by atoms with van der Waals surface area (Å²) in [5.41, 5.74) is 6.01. The highest BCUT2D eigenvalue weighted by atomic mass is 16.6. The molecule has 0 aliphatic carbocycles. The van der Waals surface area contributed by atoms with Crippen LogP contribution in [0.15, 0.2) is 60.7 Å². The topological polar surface area (TPSA) is 40.2 Å². The molecule has 0 amide bonds. The Balaban J connectivity index is 1.49. The Labute approximate surface area is 195 Å². The molecule has 1 fully saturated rings. The van der Waals surface area contributed by atoms with Crippen LogP contribution in [0, 0.1) is 6.92 Å². The van der Waals surface area contributed by atoms with Gasteiger partial charge in [-0.2, -0.15) is 0 Å². The van der Waals surface area contributed by atoms with Crippen molar-refractivity contribution in [1.29, 1.82) is 0 Å². The third kappa shape index (κ3) is 5.00. The molecule has 172 valence electrons. The van der Waals surface area contributed by atoms with E-state index in [1.807, 2.05) is 12.1 Å². The molecule has 3 aromatic rings. The van der Waals surface area contributed by atoms with E-state index in [9.17, 15) is 0 Å². The van der Waals surface area contributed by atoms with Gasteiger partial charge in [0.2, 0.25) is 0 Å². The number of hydrogen-bond acceptors (Lipinski definition) is 5. The van der Waals surface area contributed by atoms with Gasteiger partial charge in [0.25, 0.3) is 0 Å². The fraction of sp³-hybridized carbons (Fsp3) is 0.357. The lowest BCUT2D eigenvalue weighted by molar-refractivity contribution is 0.137. The predicted molar refractivity (Wildman–Crippen MR) is 129 cm³/mol. The molecule has 33 heavy (non-hydrogen) atoms. The molecule has 0 N–H and O–H groups in total. The second-order valence-corrected chi connectivity index (χ2v) is 8.79. The van der Waals surface area contributed by atoms with Crippen molar-refractivity contribution < 1.29 is 18.9 Å². The summed E-state index contributed by atoms with van der Waals surface area (Å²) < 4.78 is 23.7. The average Bonchev–Trinajstić information content (AvgIpc) is 3.25. The number of fused-ring (bicyclic) bond motifs is 1. The van der Waals surface area contributed by atoms with Gasteiger partial charge >= 0.3 is 0 Å². The van der Waals surface area contributed by atoms with Crippen molar-refractivity contribution in [1.82, 2.24) is 4.90 Å². The van der Waals surface area contributed by atoms with E-state index in [2.05, 4.69) is 60.4 Å². The van der Waals surface area contributed by atoms with Gasteiger partial charge in [-0.1, -0.05) is 36.4 Å². The smallest absolute Gasteiger partial charge is 0.165 e. The highest BCUT2D eigenvalue weighted by Gasteiger charge is 2.25. The Morgan fingerprint density at radius 3 is 2.76 bits per heavy atom. The highest BCUT2D eigenvalue weighted by Crippen LogP contribution is 2.40. The van der Waals surface area contributed by atoms with E-state index in [0.29, 0.717) is 13.2 Å². The van der Waals surface area contributed by atoms with E-state index in [0.717, 1.165) is 61.0 Å². The lowest BCUT2D eigenvalue weighted by atomic mass is 9.97. The monoisotopic (exact) mass is 445 g/mol. The first kappa shape index (κ1) is 21.8. The molecule has 0 unspecified atom stereocenters. The summed E-state index contributed by atoms with van der Waals surface area (Å²) in [5.74, 6) is 2.58. The summed E-state index contributed by atoms with van der Waals surface area (Å²) in [6.45, 7) is 6.63. The summed E-state index contributed by atoms with van der Waals surface area (Å²) in [4.78, 5) is 2.42. The van der Waals surface area contributed by atoms with Gasteiger partial charge in [-0.25, -0.2) is 0 Å². The van der Waals surface area contributed by atoms with E-state index in [1.54, 1.807) is 7.11 Å².